The van der Waals surface area contributed by atoms with E-state index in [9.17, 15) is 28.3 Å². The lowest BCUT2D eigenvalue weighted by molar-refractivity contribution is -0.148. The molecule has 0 fully saturated rings. The van der Waals surface area contributed by atoms with Gasteiger partial charge in [0.15, 0.2) is 5.78 Å². The van der Waals surface area contributed by atoms with E-state index in [-0.39, 0.29) is 44.2 Å². The third-order valence-electron chi connectivity index (χ3n) is 7.44. The molecule has 0 aromatic heterocycles. The zero-order chi connectivity index (χ0) is 36.1. The maximum atomic E-state index is 14.8. The molecule has 0 aliphatic carbocycles. The lowest BCUT2D eigenvalue weighted by Crippen LogP contribution is -2.38. The summed E-state index contributed by atoms with van der Waals surface area (Å²) in [5, 5.41) is 9.89. The first kappa shape index (κ1) is 39.4. The van der Waals surface area contributed by atoms with Gasteiger partial charge < -0.3 is 14.6 Å². The summed E-state index contributed by atoms with van der Waals surface area (Å²) >= 11 is 14.6. The maximum Gasteiger partial charge on any atom is 0.321 e. The van der Waals surface area contributed by atoms with Crippen molar-refractivity contribution in [3.63, 3.8) is 0 Å². The second kappa shape index (κ2) is 16.1. The van der Waals surface area contributed by atoms with Crippen molar-refractivity contribution in [2.45, 2.75) is 69.6 Å². The van der Waals surface area contributed by atoms with E-state index in [0.717, 1.165) is 23.1 Å². The highest BCUT2D eigenvalue weighted by Gasteiger charge is 2.43. The van der Waals surface area contributed by atoms with Crippen LogP contribution < -0.4 is 4.74 Å². The second-order valence-corrected chi connectivity index (χ2v) is 16.1. The summed E-state index contributed by atoms with van der Waals surface area (Å²) in [6.07, 6.45) is 0. The monoisotopic (exact) mass is 738 g/mol. The number of hydrogen-bond acceptors (Lipinski definition) is 8. The van der Waals surface area contributed by atoms with Crippen LogP contribution in [0.25, 0.3) is 5.57 Å². The molecule has 3 aromatic carbocycles. The Labute approximate surface area is 298 Å². The van der Waals surface area contributed by atoms with Crippen LogP contribution in [-0.2, 0) is 24.9 Å². The van der Waals surface area contributed by atoms with Crippen LogP contribution in [0.15, 0.2) is 54.3 Å². The number of aryl methyl sites for hydroxylation is 2. The predicted octanol–water partition coefficient (Wildman–Crippen LogP) is 9.83. The molecule has 6 nitrogen and oxygen atoms in total. The fraction of sp³-hybridized carbons (Fsp3) is 0.361. The van der Waals surface area contributed by atoms with Gasteiger partial charge in [-0.25, -0.2) is 8.78 Å². The van der Waals surface area contributed by atoms with E-state index in [1.165, 1.54) is 30.0 Å². The summed E-state index contributed by atoms with van der Waals surface area (Å²) in [4.78, 5) is 38.0. The van der Waals surface area contributed by atoms with Crippen molar-refractivity contribution in [1.82, 2.24) is 0 Å². The molecule has 0 amide bonds. The number of esters is 1. The zero-order valence-corrected chi connectivity index (χ0v) is 31.1. The SMILES string of the molecule is CCOC(=O)C(C(=O)C(C)(C)SCc1ccc(OC)cc1)c1c(F)cc(C)cc1Cl.Cc1cc(F)c(C2=C(O)C(C)(C)SC2=O)c(Cl)c1. The molecular weight excluding hydrogens is 701 g/mol. The minimum absolute atomic E-state index is 0.0113. The number of halogens is 4. The Bertz CT molecular complexity index is 1690. The summed E-state index contributed by atoms with van der Waals surface area (Å²) < 4.78 is 37.3. The van der Waals surface area contributed by atoms with Gasteiger partial charge >= 0.3 is 5.97 Å². The molecule has 1 heterocycles. The lowest BCUT2D eigenvalue weighted by Gasteiger charge is -2.28. The van der Waals surface area contributed by atoms with E-state index < -0.39 is 38.8 Å². The Morgan fingerprint density at radius 2 is 1.56 bits per heavy atom. The fourth-order valence-corrected chi connectivity index (χ4v) is 7.53. The van der Waals surface area contributed by atoms with Gasteiger partial charge in [-0.2, -0.15) is 0 Å². The van der Waals surface area contributed by atoms with Crippen LogP contribution in [0.5, 0.6) is 5.75 Å². The molecule has 48 heavy (non-hydrogen) atoms. The number of thioether (sulfide) groups is 2. The van der Waals surface area contributed by atoms with Crippen LogP contribution in [-0.4, -0.2) is 45.2 Å². The van der Waals surface area contributed by atoms with Crippen molar-refractivity contribution in [3.05, 3.63) is 104 Å². The van der Waals surface area contributed by atoms with Gasteiger partial charge in [0.2, 0.25) is 5.12 Å². The number of rotatable bonds is 10. The van der Waals surface area contributed by atoms with Gasteiger partial charge in [-0.3, -0.25) is 14.4 Å². The highest BCUT2D eigenvalue weighted by Crippen LogP contribution is 2.47. The van der Waals surface area contributed by atoms with Gasteiger partial charge in [-0.15, -0.1) is 11.8 Å². The molecule has 0 bridgehead atoms. The molecule has 1 aliphatic heterocycles. The van der Waals surface area contributed by atoms with Crippen LogP contribution in [0.1, 0.15) is 68.4 Å². The van der Waals surface area contributed by atoms with Crippen molar-refractivity contribution in [2.24, 2.45) is 0 Å². The number of ketones is 1. The maximum absolute atomic E-state index is 14.8. The number of aliphatic hydroxyl groups is 1. The van der Waals surface area contributed by atoms with Crippen LogP contribution >= 0.6 is 46.7 Å². The third kappa shape index (κ3) is 9.14. The molecule has 0 radical (unpaired) electrons. The Kier molecular flexibility index (Phi) is 13.2. The highest BCUT2D eigenvalue weighted by atomic mass is 35.5. The topological polar surface area (TPSA) is 89.9 Å². The number of carbonyl (C=O) groups is 3. The number of hydrogen-bond donors (Lipinski definition) is 1. The van der Waals surface area contributed by atoms with Crippen molar-refractivity contribution in [3.8, 4) is 5.75 Å². The van der Waals surface area contributed by atoms with Crippen LogP contribution in [0.3, 0.4) is 0 Å². The van der Waals surface area contributed by atoms with Crippen molar-refractivity contribution in [2.75, 3.05) is 13.7 Å². The second-order valence-electron chi connectivity index (χ2n) is 12.1. The highest BCUT2D eigenvalue weighted by molar-refractivity contribution is 8.16. The van der Waals surface area contributed by atoms with Crippen LogP contribution in [0.2, 0.25) is 10.0 Å². The molecule has 3 aromatic rings. The summed E-state index contributed by atoms with van der Waals surface area (Å²) in [6.45, 7) is 12.0. The van der Waals surface area contributed by atoms with Gasteiger partial charge in [0, 0.05) is 21.9 Å². The Morgan fingerprint density at radius 1 is 1.00 bits per heavy atom. The first-order valence-corrected chi connectivity index (χ1v) is 17.5. The quantitative estimate of drug-likeness (QED) is 0.162. The largest absolute Gasteiger partial charge is 0.510 e. The Morgan fingerprint density at radius 3 is 2.04 bits per heavy atom. The summed E-state index contributed by atoms with van der Waals surface area (Å²) in [6, 6.07) is 13.2. The van der Waals surface area contributed by atoms with Crippen LogP contribution in [0.4, 0.5) is 8.78 Å². The van der Waals surface area contributed by atoms with Crippen molar-refractivity contribution >= 4 is 69.2 Å². The van der Waals surface area contributed by atoms with Gasteiger partial charge in [-0.1, -0.05) is 47.1 Å². The lowest BCUT2D eigenvalue weighted by atomic mass is 9.87. The first-order chi connectivity index (χ1) is 22.3. The molecule has 1 unspecified atom stereocenters. The summed E-state index contributed by atoms with van der Waals surface area (Å²) in [5.74, 6) is -2.82. The summed E-state index contributed by atoms with van der Waals surface area (Å²) in [5.41, 5.74) is 2.09. The molecular formula is C36H38Cl2F2O6S2. The van der Waals surface area contributed by atoms with E-state index in [1.54, 1.807) is 61.6 Å². The minimum atomic E-state index is -1.43. The number of methoxy groups -OCH3 is 1. The van der Waals surface area contributed by atoms with Gasteiger partial charge in [-0.05, 0) is 102 Å². The number of aliphatic hydroxyl groups excluding tert-OH is 1. The number of ether oxygens (including phenoxy) is 2. The minimum Gasteiger partial charge on any atom is -0.510 e. The van der Waals surface area contributed by atoms with E-state index in [2.05, 4.69) is 0 Å². The van der Waals surface area contributed by atoms with E-state index in [4.69, 9.17) is 32.7 Å². The Balaban J connectivity index is 0.000000294. The molecule has 1 aliphatic rings. The van der Waals surface area contributed by atoms with E-state index in [1.807, 2.05) is 24.3 Å². The predicted molar refractivity (Wildman–Crippen MR) is 191 cm³/mol. The molecule has 258 valence electrons. The average molecular weight is 740 g/mol. The molecule has 1 N–H and O–H groups in total. The number of Topliss-reactive ketones (excluding diaryl/α,β-unsaturated/α-hetero) is 1. The molecule has 0 saturated carbocycles. The van der Waals surface area contributed by atoms with Gasteiger partial charge in [0.25, 0.3) is 0 Å². The van der Waals surface area contributed by atoms with Crippen LogP contribution in [0, 0.1) is 25.5 Å². The first-order valence-electron chi connectivity index (χ1n) is 14.9. The smallest absolute Gasteiger partial charge is 0.321 e. The fourth-order valence-electron chi connectivity index (χ4n) is 4.86. The zero-order valence-electron chi connectivity index (χ0n) is 27.9. The number of carbonyl (C=O) groups excluding carboxylic acids is 3. The van der Waals surface area contributed by atoms with Crippen molar-refractivity contribution in [1.29, 1.82) is 0 Å². The normalized spacial score (nSPS) is 14.7. The van der Waals surface area contributed by atoms with Crippen molar-refractivity contribution < 1.29 is 37.7 Å². The number of benzene rings is 3. The molecule has 1 atom stereocenters. The molecule has 4 rings (SSSR count). The Hall–Kier alpha value is -3.05. The van der Waals surface area contributed by atoms with E-state index in [0.29, 0.717) is 16.9 Å². The molecule has 0 spiro atoms. The standard InChI is InChI=1S/C23H26ClFO4S.C13H12ClFO2S/c1-6-29-22(27)20(19-17(24)11-14(2)12-18(19)25)21(26)23(3,4)30-13-15-7-9-16(28-5)10-8-15;1-6-4-7(14)9(8(15)5-6)10-11(16)13(2,3)18-12(10)17/h7-12,20H,6,13H2,1-5H3;4-5,16H,1-3H3. The molecule has 12 heteroatoms. The average Bonchev–Trinajstić information content (AvgIpc) is 3.19. The van der Waals surface area contributed by atoms with E-state index >= 15 is 0 Å². The summed E-state index contributed by atoms with van der Waals surface area (Å²) in [7, 11) is 1.59. The van der Waals surface area contributed by atoms with Gasteiger partial charge in [0.1, 0.15) is 29.1 Å². The molecule has 0 saturated heterocycles. The third-order valence-corrected chi connectivity index (χ3v) is 10.5. The van der Waals surface area contributed by atoms with Gasteiger partial charge in [0.05, 0.1) is 33.8 Å².